The number of halogens is 1. The molecule has 3 fully saturated rings. The van der Waals surface area contributed by atoms with Crippen molar-refractivity contribution in [2.45, 2.75) is 106 Å². The van der Waals surface area contributed by atoms with Crippen LogP contribution in [0.4, 0.5) is 4.39 Å². The minimum Gasteiger partial charge on any atom is -0.388 e. The number of rotatable bonds is 9. The summed E-state index contributed by atoms with van der Waals surface area (Å²) in [5.41, 5.74) is -0.653. The third kappa shape index (κ3) is 6.57. The molecule has 0 bridgehead atoms. The second-order valence-electron chi connectivity index (χ2n) is 9.68. The largest absolute Gasteiger partial charge is 0.388 e. The van der Waals surface area contributed by atoms with Gasteiger partial charge in [0.05, 0.1) is 18.8 Å². The zero-order chi connectivity index (χ0) is 23.1. The molecule has 0 radical (unpaired) electrons. The van der Waals surface area contributed by atoms with E-state index in [9.17, 15) is 24.5 Å². The van der Waals surface area contributed by atoms with E-state index in [-0.39, 0.29) is 24.5 Å². The molecular formula is C23H41FN2O5S. The maximum atomic E-state index is 13.3. The van der Waals surface area contributed by atoms with Crippen molar-refractivity contribution < 1.29 is 29.2 Å². The predicted molar refractivity (Wildman–Crippen MR) is 123 cm³/mol. The minimum atomic E-state index is -1.31. The summed E-state index contributed by atoms with van der Waals surface area (Å²) in [6.07, 6.45) is 6.46. The molecule has 9 heteroatoms. The van der Waals surface area contributed by atoms with E-state index in [0.29, 0.717) is 12.3 Å². The molecule has 0 aromatic heterocycles. The first-order chi connectivity index (χ1) is 15.5. The Balaban J connectivity index is 1.64. The Morgan fingerprint density at radius 2 is 1.84 bits per heavy atom. The van der Waals surface area contributed by atoms with E-state index in [2.05, 4.69) is 10.6 Å². The lowest BCUT2D eigenvalue weighted by atomic mass is 9.86. The minimum absolute atomic E-state index is 0.0941. The first-order valence-corrected chi connectivity index (χ1v) is 13.6. The standard InChI is InChI=1S/C23H41FN2O5S/c1-32-23-20(29)18(27)19(28)21(31-23)17(15-7-2-3-8-15)26-22(30)16-10-9-14(11-13-25-16)6-4-5-12-24/h14-21,23,25,27-29H,2-13H2,1H3,(H,26,30)/t14-,16-,17?,18?,19?,20+,21+,23?/m0/s1. The number of alkyl halides is 1. The fraction of sp³-hybridized carbons (Fsp3) is 0.957. The molecule has 1 saturated carbocycles. The number of ether oxygens (including phenoxy) is 1. The number of hydrogen-bond acceptors (Lipinski definition) is 7. The Bertz CT molecular complexity index is 581. The smallest absolute Gasteiger partial charge is 0.237 e. The normalized spacial score (nSPS) is 37.7. The van der Waals surface area contributed by atoms with E-state index in [1.54, 1.807) is 6.26 Å². The summed E-state index contributed by atoms with van der Waals surface area (Å²) in [5.74, 6) is 0.589. The van der Waals surface area contributed by atoms with E-state index in [4.69, 9.17) is 4.74 Å². The summed E-state index contributed by atoms with van der Waals surface area (Å²) in [6.45, 7) is 0.491. The second-order valence-corrected chi connectivity index (χ2v) is 10.6. The van der Waals surface area contributed by atoms with Gasteiger partial charge in [-0.3, -0.25) is 9.18 Å². The molecule has 3 rings (SSSR count). The van der Waals surface area contributed by atoms with Crippen molar-refractivity contribution in [1.82, 2.24) is 10.6 Å². The van der Waals surface area contributed by atoms with Gasteiger partial charge in [-0.25, -0.2) is 0 Å². The van der Waals surface area contributed by atoms with Gasteiger partial charge in [0.2, 0.25) is 5.91 Å². The fourth-order valence-electron chi connectivity index (χ4n) is 5.57. The number of carbonyl (C=O) groups excluding carboxylic acids is 1. The van der Waals surface area contributed by atoms with Crippen molar-refractivity contribution in [2.75, 3.05) is 19.5 Å². The Morgan fingerprint density at radius 3 is 2.53 bits per heavy atom. The lowest BCUT2D eigenvalue weighted by Gasteiger charge is -2.45. The summed E-state index contributed by atoms with van der Waals surface area (Å²) in [6, 6.07) is -0.722. The summed E-state index contributed by atoms with van der Waals surface area (Å²) in [5, 5.41) is 37.9. The molecule has 2 heterocycles. The van der Waals surface area contributed by atoms with Gasteiger partial charge in [0, 0.05) is 0 Å². The van der Waals surface area contributed by atoms with Gasteiger partial charge in [-0.05, 0) is 63.2 Å². The van der Waals surface area contributed by atoms with Crippen LogP contribution in [0.2, 0.25) is 0 Å². The molecule has 32 heavy (non-hydrogen) atoms. The van der Waals surface area contributed by atoms with E-state index >= 15 is 0 Å². The highest BCUT2D eigenvalue weighted by Crippen LogP contribution is 2.36. The quantitative estimate of drug-likeness (QED) is 0.322. The highest BCUT2D eigenvalue weighted by molar-refractivity contribution is 7.99. The van der Waals surface area contributed by atoms with Crippen LogP contribution in [0.25, 0.3) is 0 Å². The Labute approximate surface area is 195 Å². The molecule has 7 nitrogen and oxygen atoms in total. The summed E-state index contributed by atoms with van der Waals surface area (Å²) in [4.78, 5) is 13.3. The highest BCUT2D eigenvalue weighted by atomic mass is 32.2. The third-order valence-electron chi connectivity index (χ3n) is 7.53. The lowest BCUT2D eigenvalue weighted by Crippen LogP contribution is -2.65. The van der Waals surface area contributed by atoms with Crippen LogP contribution in [0.5, 0.6) is 0 Å². The van der Waals surface area contributed by atoms with E-state index in [1.165, 1.54) is 11.8 Å². The molecular weight excluding hydrogens is 435 g/mol. The Hall–Kier alpha value is -0.450. The molecule has 0 aromatic carbocycles. The van der Waals surface area contributed by atoms with Crippen LogP contribution in [0.15, 0.2) is 0 Å². The summed E-state index contributed by atoms with van der Waals surface area (Å²) >= 11 is 1.29. The number of carbonyl (C=O) groups is 1. The van der Waals surface area contributed by atoms with E-state index in [1.807, 2.05) is 0 Å². The Morgan fingerprint density at radius 1 is 1.09 bits per heavy atom. The van der Waals surface area contributed by atoms with Crippen molar-refractivity contribution in [3.63, 3.8) is 0 Å². The molecule has 1 amide bonds. The molecule has 5 N–H and O–H groups in total. The van der Waals surface area contributed by atoms with Crippen molar-refractivity contribution >= 4 is 17.7 Å². The van der Waals surface area contributed by atoms with Crippen molar-refractivity contribution in [3.8, 4) is 0 Å². The monoisotopic (exact) mass is 476 g/mol. The van der Waals surface area contributed by atoms with Crippen LogP contribution in [-0.4, -0.2) is 82.6 Å². The molecule has 8 atom stereocenters. The Kier molecular flexibility index (Phi) is 10.5. The van der Waals surface area contributed by atoms with Crippen LogP contribution in [0.3, 0.4) is 0 Å². The molecule has 2 saturated heterocycles. The maximum Gasteiger partial charge on any atom is 0.237 e. The molecule has 0 spiro atoms. The second kappa shape index (κ2) is 12.9. The van der Waals surface area contributed by atoms with Gasteiger partial charge in [-0.1, -0.05) is 25.7 Å². The number of aliphatic hydroxyl groups excluding tert-OH is 3. The average molecular weight is 477 g/mol. The molecule has 1 aliphatic carbocycles. The number of unbranched alkanes of at least 4 members (excludes halogenated alkanes) is 1. The zero-order valence-corrected chi connectivity index (χ0v) is 19.9. The topological polar surface area (TPSA) is 111 Å². The van der Waals surface area contributed by atoms with Gasteiger partial charge in [0.1, 0.15) is 29.9 Å². The van der Waals surface area contributed by atoms with Crippen LogP contribution in [-0.2, 0) is 9.53 Å². The number of hydrogen-bond donors (Lipinski definition) is 5. The molecule has 186 valence electrons. The van der Waals surface area contributed by atoms with Gasteiger partial charge >= 0.3 is 0 Å². The molecule has 3 aliphatic rings. The predicted octanol–water partition coefficient (Wildman–Crippen LogP) is 1.73. The average Bonchev–Trinajstić information content (AvgIpc) is 3.22. The number of thioether (sulfide) groups is 1. The van der Waals surface area contributed by atoms with Gasteiger partial charge in [0.25, 0.3) is 0 Å². The molecule has 0 aromatic rings. The van der Waals surface area contributed by atoms with Crippen LogP contribution in [0.1, 0.15) is 64.2 Å². The highest BCUT2D eigenvalue weighted by Gasteiger charge is 2.49. The maximum absolute atomic E-state index is 13.3. The van der Waals surface area contributed by atoms with E-state index in [0.717, 1.165) is 64.3 Å². The van der Waals surface area contributed by atoms with Gasteiger partial charge in [0.15, 0.2) is 0 Å². The van der Waals surface area contributed by atoms with Crippen LogP contribution < -0.4 is 10.6 Å². The summed E-state index contributed by atoms with van der Waals surface area (Å²) < 4.78 is 18.4. The molecule has 2 aliphatic heterocycles. The lowest BCUT2D eigenvalue weighted by molar-refractivity contribution is -0.208. The third-order valence-corrected chi connectivity index (χ3v) is 8.38. The van der Waals surface area contributed by atoms with Crippen LogP contribution in [0, 0.1) is 11.8 Å². The summed E-state index contributed by atoms with van der Waals surface area (Å²) in [7, 11) is 0. The van der Waals surface area contributed by atoms with E-state index < -0.39 is 35.9 Å². The van der Waals surface area contributed by atoms with Crippen molar-refractivity contribution in [1.29, 1.82) is 0 Å². The van der Waals surface area contributed by atoms with Gasteiger partial charge in [-0.2, -0.15) is 0 Å². The first kappa shape index (κ1) is 26.2. The fourth-order valence-corrected chi connectivity index (χ4v) is 6.24. The van der Waals surface area contributed by atoms with Crippen LogP contribution >= 0.6 is 11.8 Å². The zero-order valence-electron chi connectivity index (χ0n) is 19.1. The first-order valence-electron chi connectivity index (χ1n) is 12.3. The number of nitrogens with one attached hydrogen (secondary N) is 2. The molecule has 4 unspecified atom stereocenters. The number of aliphatic hydroxyl groups is 3. The van der Waals surface area contributed by atoms with Crippen molar-refractivity contribution in [3.05, 3.63) is 0 Å². The SMILES string of the molecule is CSC1O[C@H](C(NC(=O)[C@@H]2CC[C@H](CCCCF)CCN2)C2CCCC2)C(O)C(O)[C@H]1O. The van der Waals surface area contributed by atoms with Gasteiger partial charge < -0.3 is 30.7 Å². The number of amides is 1. The van der Waals surface area contributed by atoms with Crippen molar-refractivity contribution in [2.24, 2.45) is 11.8 Å². The van der Waals surface area contributed by atoms with Gasteiger partial charge in [-0.15, -0.1) is 11.8 Å².